The van der Waals surface area contributed by atoms with Gasteiger partial charge in [-0.15, -0.1) is 0 Å². The molecule has 0 atom stereocenters. The third-order valence-corrected chi connectivity index (χ3v) is 17.4. The molecule has 36 heavy (non-hydrogen) atoms. The van der Waals surface area contributed by atoms with Crippen LogP contribution in [0.1, 0.15) is 136 Å². The van der Waals surface area contributed by atoms with Gasteiger partial charge in [0.1, 0.15) is 0 Å². The average molecular weight is 552 g/mol. The van der Waals surface area contributed by atoms with Crippen LogP contribution in [0.4, 0.5) is 0 Å². The van der Waals surface area contributed by atoms with Crippen molar-refractivity contribution in [2.24, 2.45) is 5.73 Å². The summed E-state index contributed by atoms with van der Waals surface area (Å²) in [6.45, 7) is 3.75. The number of nitrogens with two attached hydrogens (primary N) is 1. The predicted octanol–water partition coefficient (Wildman–Crippen LogP) is 7.00. The molecule has 0 aromatic heterocycles. The van der Waals surface area contributed by atoms with Crippen LogP contribution in [-0.4, -0.2) is 38.8 Å². The van der Waals surface area contributed by atoms with Gasteiger partial charge in [0.25, 0.3) is 0 Å². The molecule has 6 N–H and O–H groups in total. The summed E-state index contributed by atoms with van der Waals surface area (Å²) in [6.07, 6.45) is 22.5. The zero-order valence-electron chi connectivity index (χ0n) is 23.6. The monoisotopic (exact) mass is 551 g/mol. The average Bonchev–Trinajstić information content (AvgIpc) is 2.83. The number of nitrogens with one attached hydrogen (secondary N) is 4. The van der Waals surface area contributed by atoms with Gasteiger partial charge >= 0.3 is 223 Å². The summed E-state index contributed by atoms with van der Waals surface area (Å²) >= 11 is 0. The topological polar surface area (TPSA) is 141 Å². The van der Waals surface area contributed by atoms with Gasteiger partial charge < -0.3 is 0 Å². The van der Waals surface area contributed by atoms with Gasteiger partial charge in [-0.05, 0) is 0 Å². The molecular formula is C26H58N5O3PS. The van der Waals surface area contributed by atoms with Crippen LogP contribution in [0, 0.1) is 10.8 Å². The first-order valence-corrected chi connectivity index (χ1v) is 19.4. The molecule has 0 rings (SSSR count). The van der Waals surface area contributed by atoms with Gasteiger partial charge in [-0.25, -0.2) is 0 Å². The second-order valence-electron chi connectivity index (χ2n) is 10.3. The number of hydroxylamine groups is 1. The minimum absolute atomic E-state index is 0.437. The maximum atomic E-state index is 13.7. The molecule has 10 heteroatoms. The van der Waals surface area contributed by atoms with Crippen LogP contribution in [0.25, 0.3) is 0 Å². The Hall–Kier alpha value is -0.920. The molecule has 0 saturated heterocycles. The SMILES string of the molecule is CCCCCCCC[PH](CCCCCCCC)(CCCCCCCC)S(=O)(=O)ONC(=N)NC(=N)N. The van der Waals surface area contributed by atoms with E-state index in [1.54, 1.807) is 0 Å². The van der Waals surface area contributed by atoms with Crippen molar-refractivity contribution in [2.45, 2.75) is 136 Å². The second kappa shape index (κ2) is 22.1. The first-order chi connectivity index (χ1) is 17.2. The summed E-state index contributed by atoms with van der Waals surface area (Å²) < 4.78 is 32.7. The molecule has 0 aliphatic rings. The van der Waals surface area contributed by atoms with Gasteiger partial charge in [0.2, 0.25) is 0 Å². The summed E-state index contributed by atoms with van der Waals surface area (Å²) in [5.74, 6) is -0.879. The van der Waals surface area contributed by atoms with Crippen molar-refractivity contribution in [1.29, 1.82) is 10.8 Å². The molecule has 0 spiro atoms. The number of guanidine groups is 2. The molecule has 0 aliphatic heterocycles. The number of hydrogen-bond acceptors (Lipinski definition) is 5. The van der Waals surface area contributed by atoms with Gasteiger partial charge in [-0.3, -0.25) is 0 Å². The van der Waals surface area contributed by atoms with Crippen molar-refractivity contribution in [3.63, 3.8) is 0 Å². The molecule has 0 aromatic rings. The van der Waals surface area contributed by atoms with E-state index in [9.17, 15) is 8.42 Å². The van der Waals surface area contributed by atoms with Crippen LogP contribution in [0.15, 0.2) is 0 Å². The first-order valence-electron chi connectivity index (χ1n) is 14.6. The normalized spacial score (nSPS) is 12.4. The van der Waals surface area contributed by atoms with E-state index < -0.39 is 28.1 Å². The van der Waals surface area contributed by atoms with Crippen molar-refractivity contribution in [3.8, 4) is 0 Å². The van der Waals surface area contributed by atoms with Gasteiger partial charge in [0, 0.05) is 0 Å². The van der Waals surface area contributed by atoms with Crippen LogP contribution in [0.5, 0.6) is 0 Å². The molecule has 0 aromatic carbocycles. The van der Waals surface area contributed by atoms with Crippen molar-refractivity contribution in [1.82, 2.24) is 10.8 Å². The fourth-order valence-electron chi connectivity index (χ4n) is 4.78. The van der Waals surface area contributed by atoms with Gasteiger partial charge in [-0.1, -0.05) is 0 Å². The van der Waals surface area contributed by atoms with E-state index in [0.717, 1.165) is 76.3 Å². The van der Waals surface area contributed by atoms with E-state index >= 15 is 0 Å². The molecule has 0 saturated carbocycles. The van der Waals surface area contributed by atoms with Crippen molar-refractivity contribution >= 4 is 28.1 Å². The Labute approximate surface area is 222 Å². The molecule has 0 amide bonds. The quantitative estimate of drug-likeness (QED) is 0.0287. The molecule has 0 bridgehead atoms. The van der Waals surface area contributed by atoms with Crippen LogP contribution in [-0.2, 0) is 14.0 Å². The molecule has 0 aliphatic carbocycles. The summed E-state index contributed by atoms with van der Waals surface area (Å²) in [7, 11) is -3.87. The number of rotatable bonds is 24. The van der Waals surface area contributed by atoms with Gasteiger partial charge in [0.05, 0.1) is 0 Å². The zero-order valence-corrected chi connectivity index (χ0v) is 25.4. The van der Waals surface area contributed by atoms with E-state index in [-0.39, 0.29) is 0 Å². The molecule has 216 valence electrons. The summed E-state index contributed by atoms with van der Waals surface area (Å²) in [4.78, 5) is 0. The summed E-state index contributed by atoms with van der Waals surface area (Å²) in [5, 5.41) is 17.3. The third kappa shape index (κ3) is 16.8. The van der Waals surface area contributed by atoms with Crippen molar-refractivity contribution < 1.29 is 12.7 Å². The van der Waals surface area contributed by atoms with Crippen LogP contribution in [0.3, 0.4) is 0 Å². The molecule has 0 heterocycles. The summed E-state index contributed by atoms with van der Waals surface area (Å²) in [6, 6.07) is 0. The fourth-order valence-corrected chi connectivity index (χ4v) is 13.5. The van der Waals surface area contributed by atoms with E-state index in [2.05, 4.69) is 31.6 Å². The fraction of sp³-hybridized carbons (Fsp3) is 0.923. The molecular weight excluding hydrogens is 493 g/mol. The van der Waals surface area contributed by atoms with E-state index in [0.29, 0.717) is 0 Å². The number of unbranched alkanes of at least 4 members (excludes halogenated alkanes) is 15. The second-order valence-corrected chi connectivity index (χ2v) is 19.3. The Kier molecular flexibility index (Phi) is 21.5. The van der Waals surface area contributed by atoms with E-state index in [1.165, 1.54) is 57.8 Å². The zero-order chi connectivity index (χ0) is 27.1. The van der Waals surface area contributed by atoms with Crippen molar-refractivity contribution in [2.75, 3.05) is 18.5 Å². The Bertz CT molecular complexity index is 636. The van der Waals surface area contributed by atoms with Crippen LogP contribution in [0.2, 0.25) is 0 Å². The molecule has 0 radical (unpaired) electrons. The molecule has 8 nitrogen and oxygen atoms in total. The number of hydrogen-bond donors (Lipinski definition) is 5. The maximum absolute atomic E-state index is 13.7. The van der Waals surface area contributed by atoms with Crippen LogP contribution < -0.4 is 16.5 Å². The Balaban J connectivity index is 5.45. The first kappa shape index (κ1) is 35.1. The van der Waals surface area contributed by atoms with Gasteiger partial charge in [-0.2, -0.15) is 0 Å². The van der Waals surface area contributed by atoms with Gasteiger partial charge in [0.15, 0.2) is 0 Å². The van der Waals surface area contributed by atoms with E-state index in [1.807, 2.05) is 0 Å². The van der Waals surface area contributed by atoms with Crippen molar-refractivity contribution in [3.05, 3.63) is 0 Å². The predicted molar refractivity (Wildman–Crippen MR) is 159 cm³/mol. The Morgan fingerprint density at radius 1 is 0.667 bits per heavy atom. The summed E-state index contributed by atoms with van der Waals surface area (Å²) in [5.41, 5.74) is 7.47. The van der Waals surface area contributed by atoms with Crippen LogP contribution >= 0.6 is 6.46 Å². The third-order valence-electron chi connectivity index (χ3n) is 7.00. The minimum atomic E-state index is -3.87. The Morgan fingerprint density at radius 3 is 1.33 bits per heavy atom. The molecule has 0 unspecified atom stereocenters. The molecule has 0 fully saturated rings. The Morgan fingerprint density at radius 2 is 1.00 bits per heavy atom. The van der Waals surface area contributed by atoms with E-state index in [4.69, 9.17) is 20.8 Å². The standard InChI is InChI=1S/C26H58N5O3PS/c1-4-7-10-13-16-19-22-35(23-20-17-14-11-8-5-2,24-21-18-15-12-9-6-3)36(32,33)34-31-26(29)30-25(27)28/h35H,4-24H2,1-3H3,(H6,27,28,29,30,31).